The number of hydrogen-bond donors (Lipinski definition) is 2. The number of carbonyl (C=O) groups excluding carboxylic acids is 1. The Bertz CT molecular complexity index is 538. The van der Waals surface area contributed by atoms with Crippen LogP contribution in [-0.2, 0) is 11.3 Å². The summed E-state index contributed by atoms with van der Waals surface area (Å²) in [6.07, 6.45) is 5.28. The van der Waals surface area contributed by atoms with Crippen LogP contribution in [0.4, 0.5) is 0 Å². The molecular weight excluding hydrogens is 316 g/mol. The minimum Gasteiger partial charge on any atom is -0.467 e. The number of furan rings is 1. The fourth-order valence-electron chi connectivity index (χ4n) is 3.55. The van der Waals surface area contributed by atoms with Crippen molar-refractivity contribution in [2.75, 3.05) is 26.2 Å². The smallest absolute Gasteiger partial charge is 0.242 e. The monoisotopic (exact) mass is 348 g/mol. The molecule has 0 spiro atoms. The second-order valence-corrected chi connectivity index (χ2v) is 6.60. The molecule has 2 N–H and O–H groups in total. The Morgan fingerprint density at radius 2 is 2.16 bits per heavy atom. The molecule has 1 amide bonds. The van der Waals surface area contributed by atoms with Crippen LogP contribution < -0.4 is 10.6 Å². The van der Waals surface area contributed by atoms with Gasteiger partial charge in [-0.2, -0.15) is 0 Å². The molecule has 0 aromatic carbocycles. The van der Waals surface area contributed by atoms with E-state index in [1.807, 2.05) is 12.1 Å². The molecule has 0 bridgehead atoms. The van der Waals surface area contributed by atoms with Crippen molar-refractivity contribution in [2.24, 2.45) is 16.8 Å². The third kappa shape index (κ3) is 5.80. The van der Waals surface area contributed by atoms with Crippen LogP contribution in [0.2, 0.25) is 0 Å². The molecule has 1 atom stereocenters. The Labute approximate surface area is 151 Å². The van der Waals surface area contributed by atoms with Gasteiger partial charge in [-0.3, -0.25) is 4.79 Å². The molecule has 1 fully saturated rings. The zero-order valence-electron chi connectivity index (χ0n) is 15.8. The first-order chi connectivity index (χ1) is 12.2. The van der Waals surface area contributed by atoms with E-state index in [4.69, 9.17) is 4.42 Å². The Morgan fingerprint density at radius 3 is 2.80 bits per heavy atom. The molecule has 140 valence electrons. The highest BCUT2D eigenvalue weighted by molar-refractivity contribution is 5.85. The van der Waals surface area contributed by atoms with Gasteiger partial charge in [0, 0.05) is 19.6 Å². The number of hydrogen-bond acceptors (Lipinski definition) is 3. The van der Waals surface area contributed by atoms with E-state index in [0.717, 1.165) is 43.2 Å². The third-order valence-electron chi connectivity index (χ3n) is 4.99. The second-order valence-electron chi connectivity index (χ2n) is 6.60. The lowest BCUT2D eigenvalue weighted by molar-refractivity contribution is -0.119. The van der Waals surface area contributed by atoms with Gasteiger partial charge in [0.1, 0.15) is 12.3 Å². The van der Waals surface area contributed by atoms with Crippen LogP contribution in [0.25, 0.3) is 0 Å². The summed E-state index contributed by atoms with van der Waals surface area (Å²) in [5.74, 6) is 3.01. The first-order valence-electron chi connectivity index (χ1n) is 9.50. The average Bonchev–Trinajstić information content (AvgIpc) is 3.30. The lowest BCUT2D eigenvalue weighted by Crippen LogP contribution is -2.41. The molecule has 25 heavy (non-hydrogen) atoms. The van der Waals surface area contributed by atoms with Crippen molar-refractivity contribution >= 4 is 11.9 Å². The van der Waals surface area contributed by atoms with E-state index in [1.165, 1.54) is 19.3 Å². The summed E-state index contributed by atoms with van der Waals surface area (Å²) in [5.41, 5.74) is 0. The van der Waals surface area contributed by atoms with Crippen molar-refractivity contribution in [1.82, 2.24) is 15.5 Å². The van der Waals surface area contributed by atoms with Gasteiger partial charge in [-0.05, 0) is 37.3 Å². The van der Waals surface area contributed by atoms with Crippen molar-refractivity contribution in [3.63, 3.8) is 0 Å². The SMILES string of the molecule is CCNC(=NCC(=O)NCc1ccco1)N1CCC(C(CC)CC)C1. The summed E-state index contributed by atoms with van der Waals surface area (Å²) in [4.78, 5) is 18.8. The molecule has 1 aliphatic heterocycles. The minimum absolute atomic E-state index is 0.0949. The molecule has 6 nitrogen and oxygen atoms in total. The third-order valence-corrected chi connectivity index (χ3v) is 4.99. The maximum absolute atomic E-state index is 12.0. The maximum atomic E-state index is 12.0. The van der Waals surface area contributed by atoms with E-state index >= 15 is 0 Å². The van der Waals surface area contributed by atoms with Crippen LogP contribution in [0.5, 0.6) is 0 Å². The molecule has 1 aliphatic rings. The van der Waals surface area contributed by atoms with Crippen molar-refractivity contribution in [3.8, 4) is 0 Å². The number of guanidine groups is 1. The van der Waals surface area contributed by atoms with Crippen LogP contribution in [0, 0.1) is 11.8 Å². The summed E-state index contributed by atoms with van der Waals surface area (Å²) in [7, 11) is 0. The van der Waals surface area contributed by atoms with Crippen molar-refractivity contribution in [1.29, 1.82) is 0 Å². The maximum Gasteiger partial charge on any atom is 0.242 e. The predicted molar refractivity (Wildman–Crippen MR) is 100 cm³/mol. The lowest BCUT2D eigenvalue weighted by Gasteiger charge is -2.24. The fourth-order valence-corrected chi connectivity index (χ4v) is 3.55. The highest BCUT2D eigenvalue weighted by Crippen LogP contribution is 2.28. The Kier molecular flexibility index (Phi) is 7.82. The van der Waals surface area contributed by atoms with Gasteiger partial charge in [0.25, 0.3) is 0 Å². The van der Waals surface area contributed by atoms with Gasteiger partial charge < -0.3 is 20.0 Å². The van der Waals surface area contributed by atoms with Crippen LogP contribution in [-0.4, -0.2) is 42.9 Å². The van der Waals surface area contributed by atoms with Crippen LogP contribution in [0.3, 0.4) is 0 Å². The molecule has 1 aromatic rings. The normalized spacial score (nSPS) is 18.0. The highest BCUT2D eigenvalue weighted by Gasteiger charge is 2.29. The molecule has 2 heterocycles. The summed E-state index contributed by atoms with van der Waals surface area (Å²) in [6, 6.07) is 3.66. The van der Waals surface area contributed by atoms with E-state index in [0.29, 0.717) is 6.54 Å². The van der Waals surface area contributed by atoms with Gasteiger partial charge in [-0.15, -0.1) is 0 Å². The van der Waals surface area contributed by atoms with Crippen molar-refractivity contribution < 1.29 is 9.21 Å². The first-order valence-corrected chi connectivity index (χ1v) is 9.50. The Balaban J connectivity index is 1.86. The van der Waals surface area contributed by atoms with Crippen molar-refractivity contribution in [3.05, 3.63) is 24.2 Å². The Hall–Kier alpha value is -1.98. The van der Waals surface area contributed by atoms with E-state index in [1.54, 1.807) is 6.26 Å². The number of nitrogens with zero attached hydrogens (tertiary/aromatic N) is 2. The van der Waals surface area contributed by atoms with Gasteiger partial charge in [-0.1, -0.05) is 26.7 Å². The number of rotatable bonds is 8. The molecule has 0 saturated carbocycles. The number of carbonyl (C=O) groups is 1. The van der Waals surface area contributed by atoms with Crippen LogP contribution in [0.15, 0.2) is 27.8 Å². The molecule has 2 rings (SSSR count). The first kappa shape index (κ1) is 19.3. The molecule has 0 radical (unpaired) electrons. The van der Waals surface area contributed by atoms with E-state index < -0.39 is 0 Å². The average molecular weight is 348 g/mol. The standard InChI is InChI=1S/C19H32N4O2/c1-4-15(5-2)16-9-10-23(14-16)19(20-6-3)22-13-18(24)21-12-17-8-7-11-25-17/h7-8,11,15-16H,4-6,9-10,12-14H2,1-3H3,(H,20,22)(H,21,24). The van der Waals surface area contributed by atoms with Gasteiger partial charge in [-0.25, -0.2) is 4.99 Å². The number of aliphatic imine (C=N–C) groups is 1. The number of nitrogens with one attached hydrogen (secondary N) is 2. The topological polar surface area (TPSA) is 69.9 Å². The van der Waals surface area contributed by atoms with Gasteiger partial charge >= 0.3 is 0 Å². The summed E-state index contributed by atoms with van der Waals surface area (Å²) in [6.45, 7) is 10.00. The molecule has 1 unspecified atom stereocenters. The minimum atomic E-state index is -0.0949. The molecule has 1 aromatic heterocycles. The van der Waals surface area contributed by atoms with Crippen LogP contribution >= 0.6 is 0 Å². The quantitative estimate of drug-likeness (QED) is 0.560. The molecule has 0 aliphatic carbocycles. The van der Waals surface area contributed by atoms with E-state index in [2.05, 4.69) is 41.3 Å². The summed E-state index contributed by atoms with van der Waals surface area (Å²) < 4.78 is 5.21. The summed E-state index contributed by atoms with van der Waals surface area (Å²) in [5, 5.41) is 6.15. The zero-order valence-corrected chi connectivity index (χ0v) is 15.8. The van der Waals surface area contributed by atoms with E-state index in [9.17, 15) is 4.79 Å². The Morgan fingerprint density at radius 1 is 1.36 bits per heavy atom. The predicted octanol–water partition coefficient (Wildman–Crippen LogP) is 2.62. The lowest BCUT2D eigenvalue weighted by atomic mass is 9.87. The van der Waals surface area contributed by atoms with Crippen molar-refractivity contribution in [2.45, 2.75) is 46.6 Å². The van der Waals surface area contributed by atoms with Crippen LogP contribution in [0.1, 0.15) is 45.8 Å². The molecule has 1 saturated heterocycles. The van der Waals surface area contributed by atoms with Gasteiger partial charge in [0.2, 0.25) is 5.91 Å². The second kappa shape index (κ2) is 10.1. The van der Waals surface area contributed by atoms with Gasteiger partial charge in [0.15, 0.2) is 5.96 Å². The fraction of sp³-hybridized carbons (Fsp3) is 0.684. The highest BCUT2D eigenvalue weighted by atomic mass is 16.3. The summed E-state index contributed by atoms with van der Waals surface area (Å²) >= 11 is 0. The molecule has 6 heteroatoms. The number of amides is 1. The zero-order chi connectivity index (χ0) is 18.1. The largest absolute Gasteiger partial charge is 0.467 e. The van der Waals surface area contributed by atoms with Gasteiger partial charge in [0.05, 0.1) is 12.8 Å². The molecular formula is C19H32N4O2. The number of likely N-dealkylation sites (tertiary alicyclic amines) is 1. The van der Waals surface area contributed by atoms with E-state index in [-0.39, 0.29) is 12.5 Å².